The molecule has 0 aliphatic heterocycles. The largest absolute Gasteiger partial charge is 0.507 e. The molecule has 0 saturated carbocycles. The van der Waals surface area contributed by atoms with Gasteiger partial charge in [0.2, 0.25) is 0 Å². The number of fused-ring (bicyclic) bond motifs is 2. The van der Waals surface area contributed by atoms with E-state index in [-0.39, 0.29) is 5.75 Å². The lowest BCUT2D eigenvalue weighted by atomic mass is 10.2. The van der Waals surface area contributed by atoms with Crippen LogP contribution in [0.3, 0.4) is 0 Å². The minimum atomic E-state index is 0.241. The van der Waals surface area contributed by atoms with Crippen LogP contribution in [0.5, 0.6) is 17.2 Å². The highest BCUT2D eigenvalue weighted by Gasteiger charge is 2.06. The average Bonchev–Trinajstić information content (AvgIpc) is 3.15. The number of hydrogen-bond acceptors (Lipinski definition) is 3. The Kier molecular flexibility index (Phi) is 3.62. The van der Waals surface area contributed by atoms with Gasteiger partial charge in [0.1, 0.15) is 17.2 Å². The van der Waals surface area contributed by atoms with Gasteiger partial charge in [-0.1, -0.05) is 12.1 Å². The van der Waals surface area contributed by atoms with Crippen LogP contribution in [0.4, 0.5) is 0 Å². The number of aromatic amines is 2. The van der Waals surface area contributed by atoms with Gasteiger partial charge in [0, 0.05) is 23.3 Å². The maximum Gasteiger partial charge on any atom is 0.147 e. The van der Waals surface area contributed by atoms with E-state index in [0.29, 0.717) is 11.5 Å². The lowest BCUT2D eigenvalue weighted by Gasteiger charge is -1.97. The van der Waals surface area contributed by atoms with E-state index >= 15 is 0 Å². The third-order valence-electron chi connectivity index (χ3n) is 3.44. The molecule has 0 atom stereocenters. The number of phenolic OH excluding ortho intramolecular Hbond substituents is 2. The predicted octanol–water partition coefficient (Wildman–Crippen LogP) is 3.76. The number of nitrogens with one attached hydrogen (secondary N) is 2. The van der Waals surface area contributed by atoms with Crippen LogP contribution in [0.25, 0.3) is 21.8 Å². The summed E-state index contributed by atoms with van der Waals surface area (Å²) in [6.45, 7) is 0. The molecule has 0 unspecified atom stereocenters. The molecule has 0 saturated heterocycles. The number of methoxy groups -OCH3 is 1. The maximum absolute atomic E-state index is 9.47. The third-order valence-corrected chi connectivity index (χ3v) is 3.44. The summed E-state index contributed by atoms with van der Waals surface area (Å²) in [7, 11) is 1.58. The normalized spacial score (nSPS) is 10.4. The van der Waals surface area contributed by atoms with Crippen LogP contribution in [-0.4, -0.2) is 27.3 Å². The smallest absolute Gasteiger partial charge is 0.147 e. The highest BCUT2D eigenvalue weighted by molar-refractivity contribution is 5.91. The molecule has 5 nitrogen and oxygen atoms in total. The van der Waals surface area contributed by atoms with Crippen LogP contribution in [0, 0.1) is 0 Å². The van der Waals surface area contributed by atoms with Gasteiger partial charge in [0.05, 0.1) is 18.0 Å². The van der Waals surface area contributed by atoms with E-state index in [4.69, 9.17) is 4.74 Å². The third kappa shape index (κ3) is 2.44. The van der Waals surface area contributed by atoms with Gasteiger partial charge >= 0.3 is 0 Å². The molecule has 0 aliphatic rings. The fourth-order valence-corrected chi connectivity index (χ4v) is 2.36. The molecule has 112 valence electrons. The van der Waals surface area contributed by atoms with E-state index in [0.717, 1.165) is 21.8 Å². The van der Waals surface area contributed by atoms with Gasteiger partial charge in [-0.2, -0.15) is 0 Å². The molecule has 2 aromatic heterocycles. The van der Waals surface area contributed by atoms with Crippen LogP contribution in [-0.2, 0) is 0 Å². The Hall–Kier alpha value is -3.08. The molecule has 2 aromatic carbocycles. The zero-order valence-corrected chi connectivity index (χ0v) is 12.0. The van der Waals surface area contributed by atoms with Gasteiger partial charge in [-0.05, 0) is 30.3 Å². The van der Waals surface area contributed by atoms with E-state index in [1.165, 1.54) is 0 Å². The fourth-order valence-electron chi connectivity index (χ4n) is 2.36. The van der Waals surface area contributed by atoms with Crippen molar-refractivity contribution in [3.8, 4) is 17.2 Å². The minimum absolute atomic E-state index is 0.241. The van der Waals surface area contributed by atoms with Crippen molar-refractivity contribution >= 4 is 21.8 Å². The van der Waals surface area contributed by atoms with Crippen molar-refractivity contribution in [2.45, 2.75) is 0 Å². The number of ether oxygens (including phenoxy) is 1. The molecule has 2 heterocycles. The Morgan fingerprint density at radius 1 is 0.864 bits per heavy atom. The quantitative estimate of drug-likeness (QED) is 0.432. The number of H-pyrrole nitrogens is 2. The molecule has 0 bridgehead atoms. The van der Waals surface area contributed by atoms with Crippen LogP contribution < -0.4 is 4.74 Å². The van der Waals surface area contributed by atoms with Gasteiger partial charge in [0.15, 0.2) is 0 Å². The maximum atomic E-state index is 9.47. The van der Waals surface area contributed by atoms with Crippen molar-refractivity contribution in [3.05, 3.63) is 54.9 Å². The molecule has 4 N–H and O–H groups in total. The van der Waals surface area contributed by atoms with Crippen molar-refractivity contribution in [2.24, 2.45) is 0 Å². The second-order valence-corrected chi connectivity index (χ2v) is 4.77. The number of rotatable bonds is 1. The molecule has 5 heteroatoms. The molecular weight excluding hydrogens is 280 g/mol. The highest BCUT2D eigenvalue weighted by Crippen LogP contribution is 2.32. The van der Waals surface area contributed by atoms with Gasteiger partial charge in [-0.25, -0.2) is 0 Å². The zero-order chi connectivity index (χ0) is 15.5. The number of benzene rings is 2. The van der Waals surface area contributed by atoms with Crippen LogP contribution in [0.1, 0.15) is 0 Å². The Balaban J connectivity index is 0.000000133. The molecule has 0 aliphatic carbocycles. The first-order valence-corrected chi connectivity index (χ1v) is 6.79. The number of aromatic hydroxyl groups is 2. The summed E-state index contributed by atoms with van der Waals surface area (Å²) >= 11 is 0. The first kappa shape index (κ1) is 13.9. The summed E-state index contributed by atoms with van der Waals surface area (Å²) in [5.74, 6) is 1.24. The highest BCUT2D eigenvalue weighted by atomic mass is 16.5. The molecule has 4 aromatic rings. The van der Waals surface area contributed by atoms with E-state index in [1.54, 1.807) is 31.5 Å². The molecule has 22 heavy (non-hydrogen) atoms. The average molecular weight is 296 g/mol. The Bertz CT molecular complexity index is 908. The summed E-state index contributed by atoms with van der Waals surface area (Å²) in [6.07, 6.45) is 3.54. The Morgan fingerprint density at radius 2 is 1.59 bits per heavy atom. The Labute approximate surface area is 126 Å². The van der Waals surface area contributed by atoms with Gasteiger partial charge in [-0.15, -0.1) is 0 Å². The standard InChI is InChI=1S/C9H9NO2.C8H7NO/c1-12-8-5-10-6-3-2-4-7(11)9(6)8;10-8-3-1-2-7-6(8)4-5-9-7/h2-5,10-11H,1H3;1-5,9-10H. The van der Waals surface area contributed by atoms with Crippen LogP contribution in [0.2, 0.25) is 0 Å². The molecule has 0 spiro atoms. The summed E-state index contributed by atoms with van der Waals surface area (Å²) < 4.78 is 5.06. The number of aromatic nitrogens is 2. The minimum Gasteiger partial charge on any atom is -0.507 e. The molecular formula is C17H16N2O3. The number of hydrogen-bond donors (Lipinski definition) is 4. The lowest BCUT2D eigenvalue weighted by Crippen LogP contribution is -1.79. The van der Waals surface area contributed by atoms with Gasteiger partial charge in [0.25, 0.3) is 0 Å². The van der Waals surface area contributed by atoms with Gasteiger partial charge < -0.3 is 24.9 Å². The first-order chi connectivity index (χ1) is 10.7. The molecule has 0 radical (unpaired) electrons. The monoisotopic (exact) mass is 296 g/mol. The Morgan fingerprint density at radius 3 is 2.32 bits per heavy atom. The zero-order valence-electron chi connectivity index (χ0n) is 12.0. The van der Waals surface area contributed by atoms with E-state index < -0.39 is 0 Å². The lowest BCUT2D eigenvalue weighted by molar-refractivity contribution is 0.416. The predicted molar refractivity (Wildman–Crippen MR) is 86.5 cm³/mol. The SMILES string of the molecule is COc1c[nH]c2cccc(O)c12.Oc1cccc2[nH]ccc12. The van der Waals surface area contributed by atoms with Crippen LogP contribution in [0.15, 0.2) is 54.9 Å². The molecule has 4 rings (SSSR count). The second kappa shape index (κ2) is 5.73. The topological polar surface area (TPSA) is 81.3 Å². The summed E-state index contributed by atoms with van der Waals surface area (Å²) in [5, 5.41) is 20.3. The van der Waals surface area contributed by atoms with Crippen LogP contribution >= 0.6 is 0 Å². The van der Waals surface area contributed by atoms with E-state index in [9.17, 15) is 10.2 Å². The summed E-state index contributed by atoms with van der Waals surface area (Å²) in [6, 6.07) is 12.6. The second-order valence-electron chi connectivity index (χ2n) is 4.77. The van der Waals surface area contributed by atoms with Crippen molar-refractivity contribution in [3.63, 3.8) is 0 Å². The van der Waals surface area contributed by atoms with Crippen molar-refractivity contribution in [2.75, 3.05) is 7.11 Å². The summed E-state index contributed by atoms with van der Waals surface area (Å²) in [4.78, 5) is 6.00. The van der Waals surface area contributed by atoms with Crippen molar-refractivity contribution in [1.82, 2.24) is 9.97 Å². The van der Waals surface area contributed by atoms with Gasteiger partial charge in [-0.3, -0.25) is 0 Å². The molecule has 0 amide bonds. The van der Waals surface area contributed by atoms with E-state index in [1.807, 2.05) is 30.5 Å². The molecule has 0 fully saturated rings. The number of phenols is 2. The first-order valence-electron chi connectivity index (χ1n) is 6.79. The summed E-state index contributed by atoms with van der Waals surface area (Å²) in [5.41, 5.74) is 1.85. The fraction of sp³-hybridized carbons (Fsp3) is 0.0588. The van der Waals surface area contributed by atoms with E-state index in [2.05, 4.69) is 9.97 Å². The van der Waals surface area contributed by atoms with Crippen molar-refractivity contribution < 1.29 is 14.9 Å². The van der Waals surface area contributed by atoms with Crippen molar-refractivity contribution in [1.29, 1.82) is 0 Å².